The van der Waals surface area contributed by atoms with E-state index < -0.39 is 0 Å². The lowest BCUT2D eigenvalue weighted by molar-refractivity contribution is 0.196. The van der Waals surface area contributed by atoms with Gasteiger partial charge in [0.1, 0.15) is 11.9 Å². The van der Waals surface area contributed by atoms with Gasteiger partial charge in [-0.15, -0.1) is 24.0 Å². The number of ether oxygens (including phenoxy) is 1. The maximum atomic E-state index is 13.8. The number of guanidine groups is 1. The van der Waals surface area contributed by atoms with Crippen molar-refractivity contribution >= 4 is 29.9 Å². The van der Waals surface area contributed by atoms with Crippen LogP contribution in [0, 0.1) is 19.7 Å². The van der Waals surface area contributed by atoms with E-state index in [9.17, 15) is 4.39 Å². The number of nitrogens with zero attached hydrogens (tertiary/aromatic N) is 2. The Hall–Kier alpha value is -1.84. The summed E-state index contributed by atoms with van der Waals surface area (Å²) in [6.45, 7) is 9.77. The van der Waals surface area contributed by atoms with Crippen LogP contribution in [0.4, 0.5) is 4.39 Å². The number of aromatic nitrogens is 1. The molecule has 2 rings (SSSR count). The van der Waals surface area contributed by atoms with Crippen molar-refractivity contribution < 1.29 is 13.7 Å². The monoisotopic (exact) mass is 504 g/mol. The zero-order chi connectivity index (χ0) is 19.6. The molecule has 1 atom stereocenters. The topological polar surface area (TPSA) is 71.7 Å². The fraction of sp³-hybridized carbons (Fsp3) is 0.500. The van der Waals surface area contributed by atoms with Crippen LogP contribution in [0.2, 0.25) is 0 Å². The standard InChI is InChI=1S/C20H29FN4O2.HI/c1-5-16(26-19-10-8-7-9-18(19)21)13-24-20(22-6-2)23-12-11-17-14(3)25-27-15(17)4;/h7-10,16H,5-6,11-13H2,1-4H3,(H2,22,23,24);1H. The summed E-state index contributed by atoms with van der Waals surface area (Å²) in [7, 11) is 0. The van der Waals surface area contributed by atoms with Crippen LogP contribution >= 0.6 is 24.0 Å². The minimum atomic E-state index is -0.357. The molecule has 2 aromatic rings. The van der Waals surface area contributed by atoms with Crippen molar-refractivity contribution in [2.75, 3.05) is 19.6 Å². The van der Waals surface area contributed by atoms with Crippen molar-refractivity contribution in [1.82, 2.24) is 15.8 Å². The Bertz CT molecular complexity index is 732. The molecule has 1 unspecified atom stereocenters. The zero-order valence-corrected chi connectivity index (χ0v) is 19.2. The smallest absolute Gasteiger partial charge is 0.191 e. The van der Waals surface area contributed by atoms with Gasteiger partial charge in [0, 0.05) is 18.7 Å². The minimum absolute atomic E-state index is 0. The average molecular weight is 504 g/mol. The van der Waals surface area contributed by atoms with Crippen LogP contribution in [0.1, 0.15) is 37.3 Å². The van der Waals surface area contributed by atoms with E-state index in [1.54, 1.807) is 18.2 Å². The molecule has 0 aliphatic carbocycles. The van der Waals surface area contributed by atoms with Gasteiger partial charge in [0.05, 0.1) is 12.2 Å². The average Bonchev–Trinajstić information content (AvgIpc) is 2.98. The third-order valence-electron chi connectivity index (χ3n) is 4.23. The van der Waals surface area contributed by atoms with Gasteiger partial charge in [0.15, 0.2) is 17.5 Å². The van der Waals surface area contributed by atoms with E-state index in [0.29, 0.717) is 19.0 Å². The van der Waals surface area contributed by atoms with Crippen molar-refractivity contribution in [1.29, 1.82) is 0 Å². The summed E-state index contributed by atoms with van der Waals surface area (Å²) >= 11 is 0. The second-order valence-electron chi connectivity index (χ2n) is 6.28. The fourth-order valence-corrected chi connectivity index (χ4v) is 2.67. The summed E-state index contributed by atoms with van der Waals surface area (Å²) in [5, 5.41) is 10.5. The van der Waals surface area contributed by atoms with Crippen molar-refractivity contribution in [2.24, 2.45) is 4.99 Å². The number of aryl methyl sites for hydroxylation is 2. The largest absolute Gasteiger partial charge is 0.485 e. The quantitative estimate of drug-likeness (QED) is 0.307. The summed E-state index contributed by atoms with van der Waals surface area (Å²) in [5.74, 6) is 1.46. The maximum absolute atomic E-state index is 13.8. The van der Waals surface area contributed by atoms with Gasteiger partial charge >= 0.3 is 0 Å². The van der Waals surface area contributed by atoms with Crippen LogP contribution in [0.25, 0.3) is 0 Å². The lowest BCUT2D eigenvalue weighted by atomic mass is 10.1. The van der Waals surface area contributed by atoms with Crippen molar-refractivity contribution in [3.05, 3.63) is 47.1 Å². The van der Waals surface area contributed by atoms with E-state index in [-0.39, 0.29) is 41.6 Å². The third kappa shape index (κ3) is 7.29. The Labute approximate surface area is 183 Å². The summed E-state index contributed by atoms with van der Waals surface area (Å²) in [5.41, 5.74) is 2.04. The summed E-state index contributed by atoms with van der Waals surface area (Å²) in [4.78, 5) is 4.58. The van der Waals surface area contributed by atoms with E-state index in [1.807, 2.05) is 27.7 Å². The number of para-hydroxylation sites is 1. The summed E-state index contributed by atoms with van der Waals surface area (Å²) < 4.78 is 24.7. The second kappa shape index (κ2) is 12.6. The maximum Gasteiger partial charge on any atom is 0.191 e. The highest BCUT2D eigenvalue weighted by Gasteiger charge is 2.12. The van der Waals surface area contributed by atoms with Crippen LogP contribution in [0.5, 0.6) is 5.75 Å². The van der Waals surface area contributed by atoms with Crippen molar-refractivity contribution in [2.45, 2.75) is 46.6 Å². The molecule has 0 saturated heterocycles. The molecular weight excluding hydrogens is 474 g/mol. The Balaban J connectivity index is 0.00000392. The number of hydrogen-bond acceptors (Lipinski definition) is 4. The van der Waals surface area contributed by atoms with Gasteiger partial charge in [-0.25, -0.2) is 9.38 Å². The number of rotatable bonds is 9. The van der Waals surface area contributed by atoms with E-state index in [1.165, 1.54) is 6.07 Å². The molecular formula is C20H30FIN4O2. The molecule has 0 aliphatic heterocycles. The number of nitrogens with one attached hydrogen (secondary N) is 2. The lowest BCUT2D eigenvalue weighted by Crippen LogP contribution is -2.39. The summed E-state index contributed by atoms with van der Waals surface area (Å²) in [6, 6.07) is 6.43. The second-order valence-corrected chi connectivity index (χ2v) is 6.28. The number of hydrogen-bond donors (Lipinski definition) is 2. The first-order valence-corrected chi connectivity index (χ1v) is 9.40. The van der Waals surface area contributed by atoms with E-state index >= 15 is 0 Å². The van der Waals surface area contributed by atoms with E-state index in [2.05, 4.69) is 20.8 Å². The lowest BCUT2D eigenvalue weighted by Gasteiger charge is -2.17. The third-order valence-corrected chi connectivity index (χ3v) is 4.23. The Kier molecular flexibility index (Phi) is 10.9. The first-order valence-electron chi connectivity index (χ1n) is 9.40. The van der Waals surface area contributed by atoms with Crippen LogP contribution in [0.15, 0.2) is 33.8 Å². The van der Waals surface area contributed by atoms with Crippen molar-refractivity contribution in [3.63, 3.8) is 0 Å². The highest BCUT2D eigenvalue weighted by molar-refractivity contribution is 14.0. The Morgan fingerprint density at radius 2 is 2.00 bits per heavy atom. The minimum Gasteiger partial charge on any atom is -0.485 e. The van der Waals surface area contributed by atoms with Gasteiger partial charge in [-0.3, -0.25) is 0 Å². The predicted molar refractivity (Wildman–Crippen MR) is 120 cm³/mol. The van der Waals surface area contributed by atoms with Gasteiger partial charge in [-0.2, -0.15) is 0 Å². The Morgan fingerprint density at radius 3 is 2.61 bits per heavy atom. The summed E-state index contributed by atoms with van der Waals surface area (Å²) in [6.07, 6.45) is 1.34. The molecule has 0 amide bonds. The molecule has 0 spiro atoms. The number of benzene rings is 1. The molecule has 0 radical (unpaired) electrons. The van der Waals surface area contributed by atoms with Crippen LogP contribution in [-0.4, -0.2) is 36.9 Å². The molecule has 0 bridgehead atoms. The first-order chi connectivity index (χ1) is 13.0. The molecule has 2 N–H and O–H groups in total. The molecule has 0 saturated carbocycles. The van der Waals surface area contributed by atoms with Gasteiger partial charge in [-0.05, 0) is 45.7 Å². The van der Waals surface area contributed by atoms with Crippen LogP contribution < -0.4 is 15.4 Å². The number of halogens is 2. The molecule has 8 heteroatoms. The highest BCUT2D eigenvalue weighted by Crippen LogP contribution is 2.18. The van der Waals surface area contributed by atoms with Gasteiger partial charge in [0.25, 0.3) is 0 Å². The number of aliphatic imine (C=N–C) groups is 1. The normalized spacial score (nSPS) is 12.2. The zero-order valence-electron chi connectivity index (χ0n) is 16.9. The molecule has 156 valence electrons. The van der Waals surface area contributed by atoms with E-state index in [4.69, 9.17) is 9.26 Å². The molecule has 0 fully saturated rings. The predicted octanol–water partition coefficient (Wildman–Crippen LogP) is 4.00. The fourth-order valence-electron chi connectivity index (χ4n) is 2.67. The highest BCUT2D eigenvalue weighted by atomic mass is 127. The molecule has 0 aliphatic rings. The van der Waals surface area contributed by atoms with Gasteiger partial charge in [0.2, 0.25) is 0 Å². The molecule has 1 aromatic heterocycles. The SMILES string of the molecule is CCNC(=NCC(CC)Oc1ccccc1F)NCCc1c(C)noc1C.I. The first kappa shape index (κ1) is 24.2. The van der Waals surface area contributed by atoms with Crippen molar-refractivity contribution in [3.8, 4) is 5.75 Å². The van der Waals surface area contributed by atoms with Gasteiger partial charge in [-0.1, -0.05) is 24.2 Å². The van der Waals surface area contributed by atoms with Crippen LogP contribution in [0.3, 0.4) is 0 Å². The Morgan fingerprint density at radius 1 is 1.25 bits per heavy atom. The van der Waals surface area contributed by atoms with E-state index in [0.717, 1.165) is 36.4 Å². The molecule has 28 heavy (non-hydrogen) atoms. The molecule has 6 nitrogen and oxygen atoms in total. The molecule has 1 aromatic carbocycles. The molecule has 1 heterocycles. The van der Waals surface area contributed by atoms with Gasteiger partial charge < -0.3 is 19.9 Å². The van der Waals surface area contributed by atoms with Crippen LogP contribution in [-0.2, 0) is 6.42 Å².